The molecule has 3 heteroatoms. The Bertz CT molecular complexity index is 384. The molecule has 1 aliphatic carbocycles. The summed E-state index contributed by atoms with van der Waals surface area (Å²) in [7, 11) is 0. The molecule has 0 aromatic heterocycles. The van der Waals surface area contributed by atoms with Crippen molar-refractivity contribution in [1.82, 2.24) is 5.32 Å². The topological polar surface area (TPSA) is 21.3 Å². The fraction of sp³-hybridized carbons (Fsp3) is 0.538. The van der Waals surface area contributed by atoms with Crippen LogP contribution in [0.1, 0.15) is 37.3 Å². The minimum Gasteiger partial charge on any atom is -0.489 e. The summed E-state index contributed by atoms with van der Waals surface area (Å²) in [6, 6.07) is 7.01. The molecule has 16 heavy (non-hydrogen) atoms. The molecule has 1 unspecified atom stereocenters. The van der Waals surface area contributed by atoms with Gasteiger partial charge in [0.2, 0.25) is 0 Å². The van der Waals surface area contributed by atoms with E-state index in [0.717, 1.165) is 16.8 Å². The first-order valence-corrected chi connectivity index (χ1v) is 6.82. The zero-order valence-electron chi connectivity index (χ0n) is 9.21. The Morgan fingerprint density at radius 1 is 1.25 bits per heavy atom. The van der Waals surface area contributed by atoms with Crippen LogP contribution in [-0.4, -0.2) is 12.6 Å². The number of hydrogen-bond acceptors (Lipinski definition) is 2. The summed E-state index contributed by atoms with van der Waals surface area (Å²) in [6.07, 6.45) is 5.40. The Morgan fingerprint density at radius 2 is 2.12 bits per heavy atom. The van der Waals surface area contributed by atoms with Gasteiger partial charge in [0, 0.05) is 6.04 Å². The third-order valence-electron chi connectivity index (χ3n) is 3.24. The Balaban J connectivity index is 1.77. The van der Waals surface area contributed by atoms with Crippen LogP contribution in [0.5, 0.6) is 5.75 Å². The van der Waals surface area contributed by atoms with Gasteiger partial charge in [-0.3, -0.25) is 0 Å². The average Bonchev–Trinajstić information content (AvgIpc) is 2.94. The molecule has 1 aliphatic heterocycles. The molecule has 0 bridgehead atoms. The lowest BCUT2D eigenvalue weighted by Crippen LogP contribution is -2.12. The largest absolute Gasteiger partial charge is 0.489 e. The van der Waals surface area contributed by atoms with Gasteiger partial charge >= 0.3 is 0 Å². The number of halogens is 1. The summed E-state index contributed by atoms with van der Waals surface area (Å²) in [4.78, 5) is 0. The predicted molar refractivity (Wildman–Crippen MR) is 67.8 cm³/mol. The smallest absolute Gasteiger partial charge is 0.133 e. The highest BCUT2D eigenvalue weighted by atomic mass is 79.9. The fourth-order valence-corrected chi connectivity index (χ4v) is 2.65. The SMILES string of the molecule is Brc1cc(C2CCCN2)ccc1OC1CC1. The van der Waals surface area contributed by atoms with Gasteiger partial charge in [-0.05, 0) is 65.9 Å². The summed E-state index contributed by atoms with van der Waals surface area (Å²) in [6.45, 7) is 1.14. The van der Waals surface area contributed by atoms with Crippen molar-refractivity contribution in [3.05, 3.63) is 28.2 Å². The van der Waals surface area contributed by atoms with E-state index in [0.29, 0.717) is 12.1 Å². The third-order valence-corrected chi connectivity index (χ3v) is 3.86. The standard InChI is InChI=1S/C13H16BrNO/c14-11-8-9(12-2-1-7-15-12)3-6-13(11)16-10-4-5-10/h3,6,8,10,12,15H,1-2,4-5,7H2. The van der Waals surface area contributed by atoms with Crippen LogP contribution in [0, 0.1) is 0 Å². The number of rotatable bonds is 3. The highest BCUT2D eigenvalue weighted by Crippen LogP contribution is 2.34. The first-order chi connectivity index (χ1) is 7.83. The molecule has 1 aromatic carbocycles. The van der Waals surface area contributed by atoms with Gasteiger partial charge in [-0.2, -0.15) is 0 Å². The lowest BCUT2D eigenvalue weighted by molar-refractivity contribution is 0.301. The number of ether oxygens (including phenoxy) is 1. The molecule has 1 saturated carbocycles. The predicted octanol–water partition coefficient (Wildman–Crippen LogP) is 3.41. The van der Waals surface area contributed by atoms with Crippen molar-refractivity contribution in [1.29, 1.82) is 0 Å². The maximum Gasteiger partial charge on any atom is 0.133 e. The molecule has 0 spiro atoms. The fourth-order valence-electron chi connectivity index (χ4n) is 2.16. The molecule has 1 aromatic rings. The molecular weight excluding hydrogens is 266 g/mol. The molecule has 1 N–H and O–H groups in total. The maximum atomic E-state index is 5.81. The molecule has 0 radical (unpaired) electrons. The Kier molecular flexibility index (Phi) is 2.90. The van der Waals surface area contributed by atoms with E-state index in [1.54, 1.807) is 0 Å². The monoisotopic (exact) mass is 281 g/mol. The van der Waals surface area contributed by atoms with Crippen LogP contribution in [0.25, 0.3) is 0 Å². The Labute approximate surface area is 105 Å². The van der Waals surface area contributed by atoms with Crippen LogP contribution in [-0.2, 0) is 0 Å². The Hall–Kier alpha value is -0.540. The lowest BCUT2D eigenvalue weighted by atomic mass is 10.1. The van der Waals surface area contributed by atoms with Gasteiger partial charge in [0.05, 0.1) is 10.6 Å². The first kappa shape index (κ1) is 10.6. The van der Waals surface area contributed by atoms with E-state index >= 15 is 0 Å². The van der Waals surface area contributed by atoms with E-state index in [9.17, 15) is 0 Å². The summed E-state index contributed by atoms with van der Waals surface area (Å²) in [5.41, 5.74) is 1.37. The summed E-state index contributed by atoms with van der Waals surface area (Å²) in [5, 5.41) is 3.51. The molecular formula is C13H16BrNO. The van der Waals surface area contributed by atoms with E-state index in [2.05, 4.69) is 39.4 Å². The van der Waals surface area contributed by atoms with Gasteiger partial charge in [0.1, 0.15) is 5.75 Å². The minimum atomic E-state index is 0.465. The van der Waals surface area contributed by atoms with Crippen molar-refractivity contribution in [2.75, 3.05) is 6.54 Å². The van der Waals surface area contributed by atoms with E-state index < -0.39 is 0 Å². The zero-order valence-corrected chi connectivity index (χ0v) is 10.8. The van der Waals surface area contributed by atoms with E-state index in [1.165, 1.54) is 31.2 Å². The second-order valence-electron chi connectivity index (χ2n) is 4.66. The van der Waals surface area contributed by atoms with Gasteiger partial charge in [-0.25, -0.2) is 0 Å². The van der Waals surface area contributed by atoms with Crippen molar-refractivity contribution in [3.8, 4) is 5.75 Å². The van der Waals surface area contributed by atoms with Crippen LogP contribution < -0.4 is 10.1 Å². The van der Waals surface area contributed by atoms with Gasteiger partial charge < -0.3 is 10.1 Å². The normalized spacial score (nSPS) is 24.7. The minimum absolute atomic E-state index is 0.465. The first-order valence-electron chi connectivity index (χ1n) is 6.02. The van der Waals surface area contributed by atoms with Gasteiger partial charge in [0.25, 0.3) is 0 Å². The number of benzene rings is 1. The van der Waals surface area contributed by atoms with Crippen LogP contribution in [0.3, 0.4) is 0 Å². The van der Waals surface area contributed by atoms with Crippen molar-refractivity contribution >= 4 is 15.9 Å². The summed E-state index contributed by atoms with van der Waals surface area (Å²) < 4.78 is 6.89. The molecule has 1 atom stereocenters. The quantitative estimate of drug-likeness (QED) is 0.917. The van der Waals surface area contributed by atoms with Crippen molar-refractivity contribution in [3.63, 3.8) is 0 Å². The van der Waals surface area contributed by atoms with Crippen LogP contribution >= 0.6 is 15.9 Å². The molecule has 2 fully saturated rings. The van der Waals surface area contributed by atoms with Crippen LogP contribution in [0.4, 0.5) is 0 Å². The van der Waals surface area contributed by atoms with Crippen molar-refractivity contribution < 1.29 is 4.74 Å². The van der Waals surface area contributed by atoms with Crippen LogP contribution in [0.2, 0.25) is 0 Å². The number of hydrogen-bond donors (Lipinski definition) is 1. The molecule has 3 rings (SSSR count). The number of nitrogens with one attached hydrogen (secondary N) is 1. The van der Waals surface area contributed by atoms with Gasteiger partial charge in [-0.15, -0.1) is 0 Å². The molecule has 1 saturated heterocycles. The third kappa shape index (κ3) is 2.25. The van der Waals surface area contributed by atoms with E-state index in [-0.39, 0.29) is 0 Å². The molecule has 0 amide bonds. The second-order valence-corrected chi connectivity index (χ2v) is 5.51. The lowest BCUT2D eigenvalue weighted by Gasteiger charge is -2.13. The van der Waals surface area contributed by atoms with Gasteiger partial charge in [0.15, 0.2) is 0 Å². The van der Waals surface area contributed by atoms with E-state index in [4.69, 9.17) is 4.74 Å². The van der Waals surface area contributed by atoms with Crippen LogP contribution in [0.15, 0.2) is 22.7 Å². The van der Waals surface area contributed by atoms with Crippen molar-refractivity contribution in [2.45, 2.75) is 37.8 Å². The highest BCUT2D eigenvalue weighted by molar-refractivity contribution is 9.10. The van der Waals surface area contributed by atoms with E-state index in [1.807, 2.05) is 0 Å². The molecule has 2 nitrogen and oxygen atoms in total. The molecule has 2 aliphatic rings. The molecule has 86 valence electrons. The average molecular weight is 282 g/mol. The zero-order chi connectivity index (χ0) is 11.0. The summed E-state index contributed by atoms with van der Waals surface area (Å²) >= 11 is 3.60. The molecule has 1 heterocycles. The maximum absolute atomic E-state index is 5.81. The Morgan fingerprint density at radius 3 is 2.75 bits per heavy atom. The summed E-state index contributed by atoms with van der Waals surface area (Å²) in [5.74, 6) is 0.990. The van der Waals surface area contributed by atoms with Gasteiger partial charge in [-0.1, -0.05) is 6.07 Å². The highest BCUT2D eigenvalue weighted by Gasteiger charge is 2.24. The second kappa shape index (κ2) is 4.38. The van der Waals surface area contributed by atoms with Crippen molar-refractivity contribution in [2.24, 2.45) is 0 Å².